The van der Waals surface area contributed by atoms with Crippen molar-refractivity contribution in [3.63, 3.8) is 0 Å². The Balaban J connectivity index is 2.38. The van der Waals surface area contributed by atoms with E-state index in [4.69, 9.17) is 5.73 Å². The molecule has 1 aromatic rings. The van der Waals surface area contributed by atoms with E-state index >= 15 is 0 Å². The molecule has 2 N–H and O–H groups in total. The van der Waals surface area contributed by atoms with Crippen molar-refractivity contribution in [1.29, 1.82) is 0 Å². The van der Waals surface area contributed by atoms with Crippen LogP contribution in [0, 0.1) is 0 Å². The fourth-order valence-corrected chi connectivity index (χ4v) is 4.93. The van der Waals surface area contributed by atoms with Crippen LogP contribution >= 0.6 is 23.3 Å². The molecule has 5 nitrogen and oxygen atoms in total. The van der Waals surface area contributed by atoms with Crippen LogP contribution in [0.5, 0.6) is 0 Å². The second kappa shape index (κ2) is 5.03. The lowest BCUT2D eigenvalue weighted by atomic mass is 10.4. The van der Waals surface area contributed by atoms with Gasteiger partial charge in [0, 0.05) is 25.1 Å². The standard InChI is InChI=1S/C9H15N3O2S3/c1-17(13,14)7-8(10)11-16-9(7)12-3-2-5-15-6-4-12/h2-6H2,1H3,(H2,10,11). The largest absolute Gasteiger partial charge is 0.382 e. The smallest absolute Gasteiger partial charge is 0.182 e. The molecule has 0 spiro atoms. The van der Waals surface area contributed by atoms with Gasteiger partial charge in [-0.1, -0.05) is 0 Å². The number of thioether (sulfide) groups is 1. The number of nitrogen functional groups attached to an aromatic ring is 1. The monoisotopic (exact) mass is 293 g/mol. The average molecular weight is 293 g/mol. The SMILES string of the molecule is CS(=O)(=O)c1c(N)nsc1N1CCCSCC1. The second-order valence-corrected chi connectivity index (χ2v) is 7.86. The highest BCUT2D eigenvalue weighted by Gasteiger charge is 2.25. The minimum Gasteiger partial charge on any atom is -0.382 e. The summed E-state index contributed by atoms with van der Waals surface area (Å²) in [5, 5.41) is 0.701. The number of hydrogen-bond acceptors (Lipinski definition) is 7. The van der Waals surface area contributed by atoms with Gasteiger partial charge in [-0.15, -0.1) is 0 Å². The summed E-state index contributed by atoms with van der Waals surface area (Å²) in [6.07, 6.45) is 2.24. The van der Waals surface area contributed by atoms with Crippen LogP contribution in [-0.4, -0.2) is 43.6 Å². The van der Waals surface area contributed by atoms with Gasteiger partial charge in [0.05, 0.1) is 0 Å². The highest BCUT2D eigenvalue weighted by atomic mass is 32.2. The van der Waals surface area contributed by atoms with E-state index in [1.54, 1.807) is 0 Å². The van der Waals surface area contributed by atoms with Crippen LogP contribution < -0.4 is 10.6 Å². The maximum Gasteiger partial charge on any atom is 0.182 e. The van der Waals surface area contributed by atoms with Crippen LogP contribution in [0.3, 0.4) is 0 Å². The lowest BCUT2D eigenvalue weighted by Crippen LogP contribution is -2.26. The molecule has 2 heterocycles. The molecule has 96 valence electrons. The molecule has 0 amide bonds. The Morgan fingerprint density at radius 1 is 1.35 bits per heavy atom. The number of anilines is 2. The van der Waals surface area contributed by atoms with Crippen LogP contribution in [0.1, 0.15) is 6.42 Å². The first-order valence-corrected chi connectivity index (χ1v) is 9.10. The van der Waals surface area contributed by atoms with Gasteiger partial charge in [-0.2, -0.15) is 16.1 Å². The Morgan fingerprint density at radius 3 is 2.82 bits per heavy atom. The van der Waals surface area contributed by atoms with E-state index < -0.39 is 9.84 Å². The Labute approximate surface area is 109 Å². The Bertz CT molecular complexity index is 490. The van der Waals surface area contributed by atoms with Crippen molar-refractivity contribution in [3.8, 4) is 0 Å². The molecule has 1 aliphatic rings. The topological polar surface area (TPSA) is 76.3 Å². The van der Waals surface area contributed by atoms with E-state index in [0.29, 0.717) is 5.00 Å². The Hall–Kier alpha value is -0.470. The number of aromatic nitrogens is 1. The van der Waals surface area contributed by atoms with E-state index in [2.05, 4.69) is 9.27 Å². The maximum atomic E-state index is 11.7. The molecular weight excluding hydrogens is 278 g/mol. The predicted octanol–water partition coefficient (Wildman–Crippen LogP) is 1.07. The van der Waals surface area contributed by atoms with Gasteiger partial charge in [0.25, 0.3) is 0 Å². The van der Waals surface area contributed by atoms with Crippen molar-refractivity contribution in [2.24, 2.45) is 0 Å². The number of hydrogen-bond donors (Lipinski definition) is 1. The molecule has 0 aliphatic carbocycles. The quantitative estimate of drug-likeness (QED) is 0.879. The van der Waals surface area contributed by atoms with Crippen LogP contribution in [0.15, 0.2) is 4.90 Å². The van der Waals surface area contributed by atoms with E-state index in [1.165, 1.54) is 17.8 Å². The highest BCUT2D eigenvalue weighted by molar-refractivity contribution is 7.99. The zero-order chi connectivity index (χ0) is 12.5. The third kappa shape index (κ3) is 2.86. The van der Waals surface area contributed by atoms with Gasteiger partial charge in [0.2, 0.25) is 0 Å². The van der Waals surface area contributed by atoms with Gasteiger partial charge >= 0.3 is 0 Å². The molecule has 1 fully saturated rings. The third-order valence-electron chi connectivity index (χ3n) is 2.54. The summed E-state index contributed by atoms with van der Waals surface area (Å²) < 4.78 is 27.4. The molecule has 1 aromatic heterocycles. The molecule has 0 atom stereocenters. The average Bonchev–Trinajstić information content (AvgIpc) is 2.50. The molecule has 0 saturated carbocycles. The zero-order valence-corrected chi connectivity index (χ0v) is 12.0. The summed E-state index contributed by atoms with van der Waals surface area (Å²) in [5.74, 6) is 2.27. The first kappa shape index (κ1) is 13.0. The summed E-state index contributed by atoms with van der Waals surface area (Å²) in [4.78, 5) is 2.29. The summed E-state index contributed by atoms with van der Waals surface area (Å²) >= 11 is 3.08. The molecule has 2 rings (SSSR count). The fourth-order valence-electron chi connectivity index (χ4n) is 1.78. The first-order valence-electron chi connectivity index (χ1n) is 5.28. The van der Waals surface area contributed by atoms with Crippen molar-refractivity contribution in [1.82, 2.24) is 4.37 Å². The Kier molecular flexibility index (Phi) is 3.84. The fraction of sp³-hybridized carbons (Fsp3) is 0.667. The summed E-state index contributed by atoms with van der Waals surface area (Å²) in [6.45, 7) is 1.73. The van der Waals surface area contributed by atoms with Crippen molar-refractivity contribution < 1.29 is 8.42 Å². The van der Waals surface area contributed by atoms with Crippen molar-refractivity contribution in [2.75, 3.05) is 41.5 Å². The van der Waals surface area contributed by atoms with Gasteiger partial charge in [-0.25, -0.2) is 8.42 Å². The van der Waals surface area contributed by atoms with Gasteiger partial charge in [-0.05, 0) is 23.7 Å². The number of sulfone groups is 1. The van der Waals surface area contributed by atoms with E-state index in [9.17, 15) is 8.42 Å². The minimum atomic E-state index is -3.31. The molecule has 0 radical (unpaired) electrons. The van der Waals surface area contributed by atoms with Gasteiger partial charge in [0.1, 0.15) is 9.90 Å². The van der Waals surface area contributed by atoms with E-state index in [1.807, 2.05) is 11.8 Å². The number of nitrogens with zero attached hydrogens (tertiary/aromatic N) is 2. The van der Waals surface area contributed by atoms with Crippen LogP contribution in [0.25, 0.3) is 0 Å². The summed E-state index contributed by atoms with van der Waals surface area (Å²) in [6, 6.07) is 0. The summed E-state index contributed by atoms with van der Waals surface area (Å²) in [7, 11) is -3.31. The number of rotatable bonds is 2. The molecule has 0 aromatic carbocycles. The van der Waals surface area contributed by atoms with E-state index in [-0.39, 0.29) is 10.7 Å². The lowest BCUT2D eigenvalue weighted by molar-refractivity contribution is 0.602. The van der Waals surface area contributed by atoms with Crippen LogP contribution in [0.2, 0.25) is 0 Å². The Morgan fingerprint density at radius 2 is 2.12 bits per heavy atom. The third-order valence-corrected chi connectivity index (χ3v) is 5.78. The first-order chi connectivity index (χ1) is 8.00. The van der Waals surface area contributed by atoms with Gasteiger partial charge in [0.15, 0.2) is 15.7 Å². The molecule has 0 bridgehead atoms. The number of nitrogens with two attached hydrogens (primary N) is 1. The van der Waals surface area contributed by atoms with Crippen molar-refractivity contribution in [2.45, 2.75) is 11.3 Å². The van der Waals surface area contributed by atoms with Crippen LogP contribution in [-0.2, 0) is 9.84 Å². The molecule has 1 saturated heterocycles. The second-order valence-electron chi connectivity index (χ2n) is 3.93. The molecule has 8 heteroatoms. The molecular formula is C9H15N3O2S3. The van der Waals surface area contributed by atoms with Gasteiger partial charge < -0.3 is 10.6 Å². The van der Waals surface area contributed by atoms with Crippen molar-refractivity contribution in [3.05, 3.63) is 0 Å². The van der Waals surface area contributed by atoms with E-state index in [0.717, 1.165) is 31.0 Å². The van der Waals surface area contributed by atoms with Gasteiger partial charge in [-0.3, -0.25) is 0 Å². The molecule has 17 heavy (non-hydrogen) atoms. The predicted molar refractivity (Wildman–Crippen MR) is 73.8 cm³/mol. The van der Waals surface area contributed by atoms with Crippen molar-refractivity contribution >= 4 is 44.0 Å². The maximum absolute atomic E-state index is 11.7. The molecule has 1 aliphatic heterocycles. The molecule has 0 unspecified atom stereocenters. The lowest BCUT2D eigenvalue weighted by Gasteiger charge is -2.20. The minimum absolute atomic E-state index is 0.129. The normalized spacial score (nSPS) is 18.1. The highest BCUT2D eigenvalue weighted by Crippen LogP contribution is 2.35. The van der Waals surface area contributed by atoms with Crippen LogP contribution in [0.4, 0.5) is 10.8 Å². The zero-order valence-electron chi connectivity index (χ0n) is 9.55. The summed E-state index contributed by atoms with van der Waals surface area (Å²) in [5.41, 5.74) is 5.66.